The number of hydrogen-bond donors (Lipinski definition) is 0. The molecule has 4 rings (SSSR count). The first-order valence-corrected chi connectivity index (χ1v) is 7.51. The molecule has 0 aliphatic carbocycles. The lowest BCUT2D eigenvalue weighted by Crippen LogP contribution is -1.85. The smallest absolute Gasteiger partial charge is 0.201 e. The Balaban J connectivity index is 2.12. The highest BCUT2D eigenvalue weighted by atomic mass is 32.2. The molecule has 2 heterocycles. The van der Waals surface area contributed by atoms with Crippen LogP contribution in [0.4, 0.5) is 0 Å². The molecular formula is C16H11NO2S. The lowest BCUT2D eigenvalue weighted by atomic mass is 10.0. The van der Waals surface area contributed by atoms with E-state index < -0.39 is 0 Å². The minimum absolute atomic E-state index is 0.805. The number of aromatic nitrogens is 1. The van der Waals surface area contributed by atoms with Gasteiger partial charge in [-0.15, -0.1) is 0 Å². The summed E-state index contributed by atoms with van der Waals surface area (Å²) in [5.74, 6) is 1.64. The SMILES string of the molecule is CSc1onc2c1-c1ccccc1Oc1ccccc1-2. The van der Waals surface area contributed by atoms with E-state index in [9.17, 15) is 0 Å². The lowest BCUT2D eigenvalue weighted by molar-refractivity contribution is 0.352. The molecule has 0 fully saturated rings. The van der Waals surface area contributed by atoms with Gasteiger partial charge in [-0.05, 0) is 24.5 Å². The largest absolute Gasteiger partial charge is 0.456 e. The third-order valence-electron chi connectivity index (χ3n) is 3.36. The fraction of sp³-hybridized carbons (Fsp3) is 0.0625. The molecule has 0 saturated carbocycles. The number of nitrogens with zero attached hydrogens (tertiary/aromatic N) is 1. The van der Waals surface area contributed by atoms with Crippen molar-refractivity contribution in [3.63, 3.8) is 0 Å². The molecule has 0 spiro atoms. The van der Waals surface area contributed by atoms with Crippen molar-refractivity contribution in [1.82, 2.24) is 5.16 Å². The molecule has 0 amide bonds. The van der Waals surface area contributed by atoms with Crippen molar-refractivity contribution >= 4 is 11.8 Å². The van der Waals surface area contributed by atoms with Gasteiger partial charge in [-0.2, -0.15) is 0 Å². The Morgan fingerprint density at radius 2 is 1.55 bits per heavy atom. The molecule has 1 aliphatic rings. The number of ether oxygens (including phenoxy) is 1. The third kappa shape index (κ3) is 1.58. The van der Waals surface area contributed by atoms with E-state index in [0.717, 1.165) is 39.0 Å². The van der Waals surface area contributed by atoms with Gasteiger partial charge in [-0.3, -0.25) is 0 Å². The van der Waals surface area contributed by atoms with E-state index in [1.54, 1.807) is 11.8 Å². The van der Waals surface area contributed by atoms with Crippen LogP contribution in [0.2, 0.25) is 0 Å². The zero-order chi connectivity index (χ0) is 13.5. The van der Waals surface area contributed by atoms with Gasteiger partial charge in [0.15, 0.2) is 0 Å². The molecule has 2 aromatic carbocycles. The molecule has 0 N–H and O–H groups in total. The van der Waals surface area contributed by atoms with Crippen molar-refractivity contribution < 1.29 is 9.26 Å². The second kappa shape index (κ2) is 4.42. The highest BCUT2D eigenvalue weighted by molar-refractivity contribution is 7.98. The summed E-state index contributed by atoms with van der Waals surface area (Å²) in [4.78, 5) is 0. The highest BCUT2D eigenvalue weighted by Crippen LogP contribution is 2.48. The van der Waals surface area contributed by atoms with Crippen molar-refractivity contribution in [1.29, 1.82) is 0 Å². The van der Waals surface area contributed by atoms with Gasteiger partial charge < -0.3 is 9.26 Å². The maximum absolute atomic E-state index is 6.05. The number of hydrogen-bond acceptors (Lipinski definition) is 4. The first kappa shape index (κ1) is 11.6. The summed E-state index contributed by atoms with van der Waals surface area (Å²) in [5, 5.41) is 5.06. The number of para-hydroxylation sites is 2. The zero-order valence-electron chi connectivity index (χ0n) is 10.8. The van der Waals surface area contributed by atoms with Crippen molar-refractivity contribution in [2.45, 2.75) is 5.09 Å². The van der Waals surface area contributed by atoms with E-state index in [1.807, 2.05) is 54.8 Å². The third-order valence-corrected chi connectivity index (χ3v) is 4.01. The van der Waals surface area contributed by atoms with Crippen LogP contribution in [0.5, 0.6) is 11.5 Å². The maximum atomic E-state index is 6.05. The standard InChI is InChI=1S/C16H11NO2S/c1-20-16-14-10-6-2-4-8-12(10)18-13-9-5-3-7-11(13)15(14)17-19-16/h2-9H,1H3. The molecule has 20 heavy (non-hydrogen) atoms. The summed E-state index contributed by atoms with van der Waals surface area (Å²) in [5.41, 5.74) is 3.83. The molecule has 0 saturated heterocycles. The molecule has 0 atom stereocenters. The topological polar surface area (TPSA) is 35.3 Å². The molecule has 4 heteroatoms. The minimum Gasteiger partial charge on any atom is -0.456 e. The Hall–Kier alpha value is -2.20. The normalized spacial score (nSPS) is 11.8. The number of rotatable bonds is 1. The van der Waals surface area contributed by atoms with Gasteiger partial charge in [0.05, 0.1) is 5.56 Å². The molecule has 1 aromatic heterocycles. The van der Waals surface area contributed by atoms with E-state index >= 15 is 0 Å². The van der Waals surface area contributed by atoms with E-state index in [2.05, 4.69) is 5.16 Å². The van der Waals surface area contributed by atoms with Crippen LogP contribution in [0.3, 0.4) is 0 Å². The second-order valence-electron chi connectivity index (χ2n) is 4.49. The summed E-state index contributed by atoms with van der Waals surface area (Å²) in [6, 6.07) is 15.9. The van der Waals surface area contributed by atoms with Crippen LogP contribution in [0.15, 0.2) is 58.1 Å². The fourth-order valence-electron chi connectivity index (χ4n) is 2.47. The van der Waals surface area contributed by atoms with Gasteiger partial charge in [0.2, 0.25) is 5.09 Å². The van der Waals surface area contributed by atoms with Crippen LogP contribution < -0.4 is 4.74 Å². The summed E-state index contributed by atoms with van der Waals surface area (Å²) in [6.07, 6.45) is 1.99. The van der Waals surface area contributed by atoms with Gasteiger partial charge in [0, 0.05) is 11.1 Å². The molecular weight excluding hydrogens is 270 g/mol. The summed E-state index contributed by atoms with van der Waals surface area (Å²) >= 11 is 1.55. The summed E-state index contributed by atoms with van der Waals surface area (Å²) < 4.78 is 11.5. The number of benzene rings is 2. The number of thioether (sulfide) groups is 1. The van der Waals surface area contributed by atoms with Gasteiger partial charge >= 0.3 is 0 Å². The maximum Gasteiger partial charge on any atom is 0.201 e. The average molecular weight is 281 g/mol. The first-order chi connectivity index (χ1) is 9.88. The van der Waals surface area contributed by atoms with Crippen molar-refractivity contribution in [3.05, 3.63) is 48.5 Å². The monoisotopic (exact) mass is 281 g/mol. The van der Waals surface area contributed by atoms with Crippen molar-refractivity contribution in [2.24, 2.45) is 0 Å². The Kier molecular flexibility index (Phi) is 2.57. The van der Waals surface area contributed by atoms with Crippen molar-refractivity contribution in [2.75, 3.05) is 6.26 Å². The van der Waals surface area contributed by atoms with Crippen molar-refractivity contribution in [3.8, 4) is 33.9 Å². The predicted octanol–water partition coefficient (Wildman–Crippen LogP) is 4.84. The quantitative estimate of drug-likeness (QED) is 0.468. The molecule has 0 radical (unpaired) electrons. The van der Waals surface area contributed by atoms with E-state index in [1.165, 1.54) is 0 Å². The molecule has 0 bridgehead atoms. The molecule has 98 valence electrons. The van der Waals surface area contributed by atoms with Crippen LogP contribution >= 0.6 is 11.8 Å². The molecule has 1 aliphatic heterocycles. The van der Waals surface area contributed by atoms with E-state index in [4.69, 9.17) is 9.26 Å². The lowest BCUT2D eigenvalue weighted by Gasteiger charge is -2.08. The van der Waals surface area contributed by atoms with E-state index in [0.29, 0.717) is 0 Å². The minimum atomic E-state index is 0.805. The average Bonchev–Trinajstić information content (AvgIpc) is 2.86. The second-order valence-corrected chi connectivity index (χ2v) is 5.27. The van der Waals surface area contributed by atoms with Crippen LogP contribution in [0.1, 0.15) is 0 Å². The predicted molar refractivity (Wildman–Crippen MR) is 79.2 cm³/mol. The van der Waals surface area contributed by atoms with E-state index in [-0.39, 0.29) is 0 Å². The Bertz CT molecular complexity index is 795. The fourth-order valence-corrected chi connectivity index (χ4v) is 2.99. The number of fused-ring (bicyclic) bond motifs is 5. The Morgan fingerprint density at radius 3 is 2.30 bits per heavy atom. The van der Waals surface area contributed by atoms with Gasteiger partial charge in [-0.25, -0.2) is 0 Å². The summed E-state index contributed by atoms with van der Waals surface area (Å²) in [6.45, 7) is 0. The highest BCUT2D eigenvalue weighted by Gasteiger charge is 2.26. The van der Waals surface area contributed by atoms with Gasteiger partial charge in [0.25, 0.3) is 0 Å². The van der Waals surface area contributed by atoms with Gasteiger partial charge in [0.1, 0.15) is 17.2 Å². The Morgan fingerprint density at radius 1 is 0.900 bits per heavy atom. The van der Waals surface area contributed by atoms with Crippen LogP contribution in [0, 0.1) is 0 Å². The molecule has 3 nitrogen and oxygen atoms in total. The van der Waals surface area contributed by atoms with Crippen LogP contribution in [0.25, 0.3) is 22.4 Å². The molecule has 0 unspecified atom stereocenters. The Labute approximate surface area is 120 Å². The zero-order valence-corrected chi connectivity index (χ0v) is 11.6. The van der Waals surface area contributed by atoms with Crippen LogP contribution in [-0.4, -0.2) is 11.4 Å². The summed E-state index contributed by atoms with van der Waals surface area (Å²) in [7, 11) is 0. The molecule has 3 aromatic rings. The first-order valence-electron chi connectivity index (χ1n) is 6.29. The van der Waals surface area contributed by atoms with Gasteiger partial charge in [-0.1, -0.05) is 47.3 Å². The van der Waals surface area contributed by atoms with Crippen LogP contribution in [-0.2, 0) is 0 Å².